The summed E-state index contributed by atoms with van der Waals surface area (Å²) in [6.45, 7) is 13.4. The van der Waals surface area contributed by atoms with Crippen molar-refractivity contribution in [3.8, 4) is 0 Å². The Morgan fingerprint density at radius 1 is 1.18 bits per heavy atom. The molecule has 0 rings (SSSR count). The van der Waals surface area contributed by atoms with E-state index in [2.05, 4.69) is 22.6 Å². The fraction of sp³-hybridized carbons (Fsp3) is 0.500. The van der Waals surface area contributed by atoms with Gasteiger partial charge in [0.05, 0.1) is 6.61 Å². The maximum absolute atomic E-state index is 10.5. The number of esters is 2. The molecular weight excluding hydrogens is 224 g/mol. The smallest absolute Gasteiger partial charge is 0.335 e. The highest BCUT2D eigenvalue weighted by Gasteiger charge is 2.04. The van der Waals surface area contributed by atoms with Gasteiger partial charge in [0.15, 0.2) is 6.29 Å². The van der Waals surface area contributed by atoms with Gasteiger partial charge in [-0.3, -0.25) is 0 Å². The van der Waals surface area contributed by atoms with Gasteiger partial charge in [-0.25, -0.2) is 9.59 Å². The van der Waals surface area contributed by atoms with Crippen molar-refractivity contribution in [1.29, 1.82) is 0 Å². The Morgan fingerprint density at radius 2 is 1.59 bits per heavy atom. The molecule has 5 nitrogen and oxygen atoms in total. The molecule has 0 bridgehead atoms. The zero-order chi connectivity index (χ0) is 14.0. The monoisotopic (exact) mass is 244 g/mol. The fourth-order valence-corrected chi connectivity index (χ4v) is 0.510. The molecule has 5 heteroatoms. The third-order valence-electron chi connectivity index (χ3n) is 1.25. The van der Waals surface area contributed by atoms with Crippen molar-refractivity contribution in [2.24, 2.45) is 0 Å². The molecule has 1 atom stereocenters. The van der Waals surface area contributed by atoms with Crippen molar-refractivity contribution in [2.45, 2.75) is 34.0 Å². The van der Waals surface area contributed by atoms with Crippen LogP contribution in [0.15, 0.2) is 24.3 Å². The lowest BCUT2D eigenvalue weighted by Gasteiger charge is -2.04. The van der Waals surface area contributed by atoms with Gasteiger partial charge >= 0.3 is 11.9 Å². The first kappa shape index (κ1) is 17.8. The molecule has 0 fully saturated rings. The Kier molecular flexibility index (Phi) is 10.0. The highest BCUT2D eigenvalue weighted by atomic mass is 16.6. The van der Waals surface area contributed by atoms with Crippen LogP contribution < -0.4 is 0 Å². The Bertz CT molecular complexity index is 291. The lowest BCUT2D eigenvalue weighted by molar-refractivity contribution is -0.159. The summed E-state index contributed by atoms with van der Waals surface area (Å²) < 4.78 is 8.89. The van der Waals surface area contributed by atoms with Crippen LogP contribution in [-0.4, -0.2) is 29.9 Å². The first-order chi connectivity index (χ1) is 7.72. The van der Waals surface area contributed by atoms with Gasteiger partial charge in [0.25, 0.3) is 0 Å². The minimum absolute atomic E-state index is 0.288. The van der Waals surface area contributed by atoms with Crippen LogP contribution in [0.4, 0.5) is 0 Å². The molecule has 0 saturated carbocycles. The maximum Gasteiger partial charge on any atom is 0.335 e. The van der Waals surface area contributed by atoms with Crippen LogP contribution >= 0.6 is 0 Å². The Morgan fingerprint density at radius 3 is 1.71 bits per heavy atom. The van der Waals surface area contributed by atoms with Gasteiger partial charge < -0.3 is 14.6 Å². The number of rotatable bonds is 4. The van der Waals surface area contributed by atoms with Crippen LogP contribution in [0.3, 0.4) is 0 Å². The van der Waals surface area contributed by atoms with E-state index in [1.807, 2.05) is 0 Å². The molecule has 98 valence electrons. The van der Waals surface area contributed by atoms with Crippen LogP contribution in [-0.2, 0) is 19.1 Å². The standard InChI is InChI=1S/C6H10O3.C6H10O2/c1-4(2)6(8)9-5(3)7;1-4-8-6(7)5(2)3/h5,7H,1H2,2-3H3;2,4H2,1,3H3. The highest BCUT2D eigenvalue weighted by molar-refractivity contribution is 5.87. The summed E-state index contributed by atoms with van der Waals surface area (Å²) >= 11 is 0. The molecule has 0 aliphatic heterocycles. The number of carbonyl (C=O) groups is 2. The fourth-order valence-electron chi connectivity index (χ4n) is 0.510. The van der Waals surface area contributed by atoms with Crippen molar-refractivity contribution in [3.05, 3.63) is 24.3 Å². The maximum atomic E-state index is 10.5. The van der Waals surface area contributed by atoms with Crippen molar-refractivity contribution >= 4 is 11.9 Å². The van der Waals surface area contributed by atoms with E-state index in [1.54, 1.807) is 13.8 Å². The van der Waals surface area contributed by atoms with Gasteiger partial charge in [-0.15, -0.1) is 0 Å². The van der Waals surface area contributed by atoms with Crippen LogP contribution in [0.25, 0.3) is 0 Å². The minimum atomic E-state index is -1.05. The summed E-state index contributed by atoms with van der Waals surface area (Å²) in [6, 6.07) is 0. The molecule has 0 aromatic heterocycles. The quantitative estimate of drug-likeness (QED) is 0.461. The molecule has 0 radical (unpaired) electrons. The number of carbonyl (C=O) groups excluding carboxylic acids is 2. The van der Waals surface area contributed by atoms with Crippen LogP contribution in [0.2, 0.25) is 0 Å². The van der Waals surface area contributed by atoms with E-state index in [1.165, 1.54) is 13.8 Å². The van der Waals surface area contributed by atoms with E-state index >= 15 is 0 Å². The average molecular weight is 244 g/mol. The predicted molar refractivity (Wildman–Crippen MR) is 64.0 cm³/mol. The second-order valence-electron chi connectivity index (χ2n) is 3.29. The topological polar surface area (TPSA) is 72.8 Å². The van der Waals surface area contributed by atoms with E-state index in [0.29, 0.717) is 12.2 Å². The minimum Gasteiger partial charge on any atom is -0.463 e. The van der Waals surface area contributed by atoms with Gasteiger partial charge in [0.2, 0.25) is 0 Å². The molecule has 1 unspecified atom stereocenters. The van der Waals surface area contributed by atoms with E-state index in [-0.39, 0.29) is 11.5 Å². The van der Waals surface area contributed by atoms with Crippen LogP contribution in [0, 0.1) is 0 Å². The summed E-state index contributed by atoms with van der Waals surface area (Å²) in [4.78, 5) is 20.9. The van der Waals surface area contributed by atoms with Gasteiger partial charge in [-0.1, -0.05) is 13.2 Å². The molecule has 0 aliphatic carbocycles. The summed E-state index contributed by atoms with van der Waals surface area (Å²) in [5.41, 5.74) is 0.739. The molecule has 0 aromatic carbocycles. The zero-order valence-electron chi connectivity index (χ0n) is 10.8. The van der Waals surface area contributed by atoms with Crippen LogP contribution in [0.1, 0.15) is 27.7 Å². The lowest BCUT2D eigenvalue weighted by atomic mass is 10.4. The molecule has 0 spiro atoms. The normalized spacial score (nSPS) is 10.4. The molecule has 17 heavy (non-hydrogen) atoms. The molecular formula is C12H20O5. The molecule has 1 N–H and O–H groups in total. The Balaban J connectivity index is 0. The number of aliphatic hydroxyl groups excluding tert-OH is 1. The first-order valence-corrected chi connectivity index (χ1v) is 5.09. The highest BCUT2D eigenvalue weighted by Crippen LogP contribution is 1.94. The largest absolute Gasteiger partial charge is 0.463 e. The summed E-state index contributed by atoms with van der Waals surface area (Å²) in [7, 11) is 0. The molecule has 0 aromatic rings. The second-order valence-corrected chi connectivity index (χ2v) is 3.29. The third kappa shape index (κ3) is 12.3. The predicted octanol–water partition coefficient (Wildman–Crippen LogP) is 1.57. The number of aliphatic hydroxyl groups is 1. The lowest BCUT2D eigenvalue weighted by Crippen LogP contribution is -2.13. The van der Waals surface area contributed by atoms with Crippen molar-refractivity contribution in [1.82, 2.24) is 0 Å². The Labute approximate surface area is 102 Å². The average Bonchev–Trinajstić information content (AvgIpc) is 2.17. The Hall–Kier alpha value is -1.62. The number of ether oxygens (including phenoxy) is 2. The van der Waals surface area contributed by atoms with Gasteiger partial charge in [0, 0.05) is 11.1 Å². The van der Waals surface area contributed by atoms with Gasteiger partial charge in [-0.2, -0.15) is 0 Å². The third-order valence-corrected chi connectivity index (χ3v) is 1.25. The van der Waals surface area contributed by atoms with Crippen molar-refractivity contribution < 1.29 is 24.2 Å². The van der Waals surface area contributed by atoms with Crippen molar-refractivity contribution in [2.75, 3.05) is 6.61 Å². The molecule has 0 saturated heterocycles. The van der Waals surface area contributed by atoms with E-state index in [0.717, 1.165) is 0 Å². The van der Waals surface area contributed by atoms with Gasteiger partial charge in [-0.05, 0) is 27.7 Å². The first-order valence-electron chi connectivity index (χ1n) is 5.09. The number of hydrogen-bond acceptors (Lipinski definition) is 5. The zero-order valence-corrected chi connectivity index (χ0v) is 10.8. The summed E-state index contributed by atoms with van der Waals surface area (Å²) in [5.74, 6) is -0.877. The summed E-state index contributed by atoms with van der Waals surface area (Å²) in [5, 5.41) is 8.49. The molecule has 0 aliphatic rings. The van der Waals surface area contributed by atoms with Gasteiger partial charge in [0.1, 0.15) is 0 Å². The van der Waals surface area contributed by atoms with E-state index < -0.39 is 12.3 Å². The molecule has 0 amide bonds. The summed E-state index contributed by atoms with van der Waals surface area (Å²) in [6.07, 6.45) is -1.05. The van der Waals surface area contributed by atoms with E-state index in [9.17, 15) is 9.59 Å². The van der Waals surface area contributed by atoms with Crippen molar-refractivity contribution in [3.63, 3.8) is 0 Å². The SMILES string of the molecule is C=C(C)C(=O)OC(C)O.C=C(C)C(=O)OCC. The second kappa shape index (κ2) is 9.59. The number of hydrogen-bond donors (Lipinski definition) is 1. The van der Waals surface area contributed by atoms with E-state index in [4.69, 9.17) is 5.11 Å². The molecule has 0 heterocycles. The van der Waals surface area contributed by atoms with Crippen LogP contribution in [0.5, 0.6) is 0 Å².